The number of hydrogen-bond donors (Lipinski definition) is 2. The van der Waals surface area contributed by atoms with Gasteiger partial charge < -0.3 is 20.1 Å². The first-order chi connectivity index (χ1) is 8.77. The van der Waals surface area contributed by atoms with Gasteiger partial charge in [-0.3, -0.25) is 0 Å². The van der Waals surface area contributed by atoms with E-state index < -0.39 is 0 Å². The zero-order valence-electron chi connectivity index (χ0n) is 11.6. The van der Waals surface area contributed by atoms with Gasteiger partial charge in [-0.15, -0.1) is 0 Å². The molecule has 18 heavy (non-hydrogen) atoms. The quantitative estimate of drug-likeness (QED) is 0.651. The van der Waals surface area contributed by atoms with E-state index in [2.05, 4.69) is 29.7 Å². The van der Waals surface area contributed by atoms with Crippen molar-refractivity contribution in [3.05, 3.63) is 29.3 Å². The molecule has 4 nitrogen and oxygen atoms in total. The second-order valence-electron chi connectivity index (χ2n) is 4.23. The van der Waals surface area contributed by atoms with Gasteiger partial charge in [0.2, 0.25) is 0 Å². The number of aryl methyl sites for hydroxylation is 1. The smallest absolute Gasteiger partial charge is 0.123 e. The van der Waals surface area contributed by atoms with Crippen LogP contribution < -0.4 is 15.4 Å². The third-order valence-electron chi connectivity index (χ3n) is 2.71. The van der Waals surface area contributed by atoms with E-state index in [0.717, 1.165) is 38.5 Å². The first-order valence-corrected chi connectivity index (χ1v) is 6.32. The van der Waals surface area contributed by atoms with E-state index in [0.29, 0.717) is 0 Å². The molecule has 0 bridgehead atoms. The molecule has 0 aliphatic rings. The Morgan fingerprint density at radius 3 is 2.56 bits per heavy atom. The number of methoxy groups -OCH3 is 2. The maximum atomic E-state index is 5.34. The van der Waals surface area contributed by atoms with Gasteiger partial charge in [-0.2, -0.15) is 0 Å². The molecule has 0 spiro atoms. The Labute approximate surface area is 110 Å². The first-order valence-electron chi connectivity index (χ1n) is 6.32. The summed E-state index contributed by atoms with van der Waals surface area (Å²) >= 11 is 0. The van der Waals surface area contributed by atoms with E-state index in [4.69, 9.17) is 9.47 Å². The van der Waals surface area contributed by atoms with Crippen molar-refractivity contribution in [2.75, 3.05) is 40.5 Å². The van der Waals surface area contributed by atoms with Gasteiger partial charge in [0.1, 0.15) is 5.75 Å². The zero-order chi connectivity index (χ0) is 13.2. The van der Waals surface area contributed by atoms with Gasteiger partial charge in [0, 0.05) is 38.9 Å². The third-order valence-corrected chi connectivity index (χ3v) is 2.71. The predicted molar refractivity (Wildman–Crippen MR) is 74.2 cm³/mol. The Bertz CT molecular complexity index is 343. The van der Waals surface area contributed by atoms with Crippen molar-refractivity contribution in [2.45, 2.75) is 13.5 Å². The average Bonchev–Trinajstić information content (AvgIpc) is 2.38. The van der Waals surface area contributed by atoms with Crippen molar-refractivity contribution in [3.8, 4) is 5.75 Å². The molecule has 0 saturated heterocycles. The van der Waals surface area contributed by atoms with Crippen LogP contribution in [0, 0.1) is 6.92 Å². The van der Waals surface area contributed by atoms with Gasteiger partial charge in [-0.05, 0) is 13.0 Å². The van der Waals surface area contributed by atoms with Crippen LogP contribution in [-0.4, -0.2) is 40.5 Å². The number of hydrogen-bond acceptors (Lipinski definition) is 4. The van der Waals surface area contributed by atoms with E-state index >= 15 is 0 Å². The molecule has 2 N–H and O–H groups in total. The van der Waals surface area contributed by atoms with E-state index in [1.165, 1.54) is 11.1 Å². The Morgan fingerprint density at radius 1 is 1.06 bits per heavy atom. The van der Waals surface area contributed by atoms with Crippen molar-refractivity contribution in [1.29, 1.82) is 0 Å². The maximum absolute atomic E-state index is 5.34. The number of rotatable bonds is 9. The van der Waals surface area contributed by atoms with E-state index in [1.54, 1.807) is 14.2 Å². The normalized spacial score (nSPS) is 10.6. The molecule has 0 amide bonds. The monoisotopic (exact) mass is 252 g/mol. The topological polar surface area (TPSA) is 42.5 Å². The second kappa shape index (κ2) is 8.91. The van der Waals surface area contributed by atoms with Crippen LogP contribution in [0.3, 0.4) is 0 Å². The van der Waals surface area contributed by atoms with Crippen LogP contribution in [0.4, 0.5) is 0 Å². The molecule has 0 fully saturated rings. The SMILES string of the molecule is COCCNCCNCc1cc(C)ccc1OC. The summed E-state index contributed by atoms with van der Waals surface area (Å²) in [5.74, 6) is 0.945. The third kappa shape index (κ3) is 5.49. The Morgan fingerprint density at radius 2 is 1.83 bits per heavy atom. The fourth-order valence-electron chi connectivity index (χ4n) is 1.74. The van der Waals surface area contributed by atoms with E-state index in [9.17, 15) is 0 Å². The van der Waals surface area contributed by atoms with Gasteiger partial charge in [0.25, 0.3) is 0 Å². The molecule has 1 aromatic rings. The summed E-state index contributed by atoms with van der Waals surface area (Å²) in [7, 11) is 3.42. The summed E-state index contributed by atoms with van der Waals surface area (Å²) in [5.41, 5.74) is 2.46. The largest absolute Gasteiger partial charge is 0.496 e. The number of benzene rings is 1. The average molecular weight is 252 g/mol. The predicted octanol–water partition coefficient (Wildman–Crippen LogP) is 1.33. The van der Waals surface area contributed by atoms with Crippen molar-refractivity contribution < 1.29 is 9.47 Å². The van der Waals surface area contributed by atoms with E-state index in [-0.39, 0.29) is 0 Å². The van der Waals surface area contributed by atoms with Crippen LogP contribution >= 0.6 is 0 Å². The minimum absolute atomic E-state index is 0.756. The Balaban J connectivity index is 2.24. The lowest BCUT2D eigenvalue weighted by molar-refractivity contribution is 0.199. The first kappa shape index (κ1) is 15.0. The van der Waals surface area contributed by atoms with E-state index in [1.807, 2.05) is 6.07 Å². The summed E-state index contributed by atoms with van der Waals surface area (Å²) in [4.78, 5) is 0. The lowest BCUT2D eigenvalue weighted by Gasteiger charge is -2.11. The highest BCUT2D eigenvalue weighted by atomic mass is 16.5. The fraction of sp³-hybridized carbons (Fsp3) is 0.571. The summed E-state index contributed by atoms with van der Waals surface area (Å²) in [6.45, 7) is 6.45. The van der Waals surface area contributed by atoms with Gasteiger partial charge in [0.15, 0.2) is 0 Å². The van der Waals surface area contributed by atoms with Crippen LogP contribution in [0.2, 0.25) is 0 Å². The maximum Gasteiger partial charge on any atom is 0.123 e. The van der Waals surface area contributed by atoms with Crippen molar-refractivity contribution in [3.63, 3.8) is 0 Å². The highest BCUT2D eigenvalue weighted by Gasteiger charge is 2.02. The fourth-order valence-corrected chi connectivity index (χ4v) is 1.74. The molecule has 1 rings (SSSR count). The van der Waals surface area contributed by atoms with Crippen LogP contribution in [0.1, 0.15) is 11.1 Å². The van der Waals surface area contributed by atoms with Crippen LogP contribution in [0.5, 0.6) is 5.75 Å². The summed E-state index contributed by atoms with van der Waals surface area (Å²) in [6, 6.07) is 6.24. The zero-order valence-corrected chi connectivity index (χ0v) is 11.6. The molecule has 4 heteroatoms. The molecule has 0 aliphatic carbocycles. The van der Waals surface area contributed by atoms with Gasteiger partial charge in [-0.1, -0.05) is 17.7 Å². The molecular formula is C14H24N2O2. The lowest BCUT2D eigenvalue weighted by Crippen LogP contribution is -2.29. The standard InChI is InChI=1S/C14H24N2O2/c1-12-4-5-14(18-3)13(10-12)11-16-7-6-15-8-9-17-2/h4-5,10,15-16H,6-9,11H2,1-3H3. The van der Waals surface area contributed by atoms with Crippen LogP contribution in [-0.2, 0) is 11.3 Å². The minimum atomic E-state index is 0.756. The molecule has 0 atom stereocenters. The summed E-state index contributed by atoms with van der Waals surface area (Å²) in [6.07, 6.45) is 0. The molecule has 1 aromatic carbocycles. The number of nitrogens with one attached hydrogen (secondary N) is 2. The molecule has 0 radical (unpaired) electrons. The van der Waals surface area contributed by atoms with Gasteiger partial charge >= 0.3 is 0 Å². The highest BCUT2D eigenvalue weighted by Crippen LogP contribution is 2.18. The lowest BCUT2D eigenvalue weighted by atomic mass is 10.1. The molecule has 102 valence electrons. The van der Waals surface area contributed by atoms with Crippen molar-refractivity contribution in [2.24, 2.45) is 0 Å². The minimum Gasteiger partial charge on any atom is -0.496 e. The number of ether oxygens (including phenoxy) is 2. The van der Waals surface area contributed by atoms with Crippen molar-refractivity contribution >= 4 is 0 Å². The second-order valence-corrected chi connectivity index (χ2v) is 4.23. The molecule has 0 heterocycles. The van der Waals surface area contributed by atoms with Crippen LogP contribution in [0.25, 0.3) is 0 Å². The Kier molecular flexibility index (Phi) is 7.41. The highest BCUT2D eigenvalue weighted by molar-refractivity contribution is 5.36. The molecular weight excluding hydrogens is 228 g/mol. The van der Waals surface area contributed by atoms with Gasteiger partial charge in [0.05, 0.1) is 13.7 Å². The summed E-state index contributed by atoms with van der Waals surface area (Å²) in [5, 5.41) is 6.69. The van der Waals surface area contributed by atoms with Crippen LogP contribution in [0.15, 0.2) is 18.2 Å². The van der Waals surface area contributed by atoms with Gasteiger partial charge in [-0.25, -0.2) is 0 Å². The Hall–Kier alpha value is -1.10. The summed E-state index contributed by atoms with van der Waals surface area (Å²) < 4.78 is 10.3. The molecule has 0 aliphatic heterocycles. The van der Waals surface area contributed by atoms with Crippen molar-refractivity contribution in [1.82, 2.24) is 10.6 Å². The molecule has 0 aromatic heterocycles. The molecule has 0 saturated carbocycles. The molecule has 0 unspecified atom stereocenters.